The molecule has 0 amide bonds. The van der Waals surface area contributed by atoms with Gasteiger partial charge in [0.2, 0.25) is 0 Å². The lowest BCUT2D eigenvalue weighted by Crippen LogP contribution is -2.34. The van der Waals surface area contributed by atoms with E-state index in [0.29, 0.717) is 16.7 Å². The molecule has 0 saturated carbocycles. The molecule has 4 rings (SSSR count). The third kappa shape index (κ3) is 4.13. The highest BCUT2D eigenvalue weighted by Crippen LogP contribution is 2.47. The Morgan fingerprint density at radius 1 is 0.758 bits per heavy atom. The molecule has 3 aromatic carbocycles. The van der Waals surface area contributed by atoms with Crippen molar-refractivity contribution in [3.8, 4) is 11.1 Å². The number of carbonyl (C=O) groups excluding carboxylic acids is 2. The first-order chi connectivity index (χ1) is 15.5. The third-order valence-corrected chi connectivity index (χ3v) is 7.23. The van der Waals surface area contributed by atoms with E-state index in [4.69, 9.17) is 4.74 Å². The Morgan fingerprint density at radius 2 is 1.30 bits per heavy atom. The van der Waals surface area contributed by atoms with Gasteiger partial charge in [0.05, 0.1) is 12.7 Å². The van der Waals surface area contributed by atoms with E-state index in [1.807, 2.05) is 24.3 Å². The van der Waals surface area contributed by atoms with Gasteiger partial charge in [-0.3, -0.25) is 4.79 Å². The summed E-state index contributed by atoms with van der Waals surface area (Å²) in [4.78, 5) is 25.3. The highest BCUT2D eigenvalue weighted by atomic mass is 16.5. The maximum Gasteiger partial charge on any atom is 0.337 e. The van der Waals surface area contributed by atoms with Crippen LogP contribution in [-0.4, -0.2) is 18.9 Å². The summed E-state index contributed by atoms with van der Waals surface area (Å²) in [7, 11) is 1.35. The highest BCUT2D eigenvalue weighted by Gasteiger charge is 2.37. The van der Waals surface area contributed by atoms with Crippen LogP contribution < -0.4 is 0 Å². The summed E-state index contributed by atoms with van der Waals surface area (Å²) in [5.74, 6) is -0.469. The van der Waals surface area contributed by atoms with E-state index in [2.05, 4.69) is 46.8 Å². The van der Waals surface area contributed by atoms with E-state index in [1.165, 1.54) is 30.2 Å². The summed E-state index contributed by atoms with van der Waals surface area (Å²) in [6.45, 7) is 11.4. The van der Waals surface area contributed by atoms with Gasteiger partial charge in [-0.05, 0) is 70.5 Å². The zero-order chi connectivity index (χ0) is 24.0. The number of benzene rings is 3. The molecule has 0 fully saturated rings. The highest BCUT2D eigenvalue weighted by molar-refractivity contribution is 6.13. The van der Waals surface area contributed by atoms with Gasteiger partial charge in [0, 0.05) is 11.1 Å². The zero-order valence-electron chi connectivity index (χ0n) is 20.4. The SMILES string of the molecule is COC(=O)c1ccc(C(=O)c2ccccc2-c2cc3c(cc2C)C(C)(C)CCC3(C)C)cc1. The van der Waals surface area contributed by atoms with Crippen LogP contribution in [0.5, 0.6) is 0 Å². The van der Waals surface area contributed by atoms with Gasteiger partial charge in [-0.2, -0.15) is 0 Å². The van der Waals surface area contributed by atoms with Crippen LogP contribution in [0, 0.1) is 6.92 Å². The van der Waals surface area contributed by atoms with Gasteiger partial charge in [0.25, 0.3) is 0 Å². The summed E-state index contributed by atoms with van der Waals surface area (Å²) in [5.41, 5.74) is 7.91. The molecule has 0 bridgehead atoms. The molecule has 170 valence electrons. The quantitative estimate of drug-likeness (QED) is 0.323. The van der Waals surface area contributed by atoms with E-state index in [9.17, 15) is 9.59 Å². The fourth-order valence-corrected chi connectivity index (χ4v) is 4.96. The number of rotatable bonds is 4. The maximum atomic E-state index is 13.5. The molecule has 0 aliphatic heterocycles. The maximum absolute atomic E-state index is 13.5. The minimum Gasteiger partial charge on any atom is -0.465 e. The first-order valence-corrected chi connectivity index (χ1v) is 11.5. The molecule has 1 aliphatic rings. The van der Waals surface area contributed by atoms with Crippen LogP contribution in [0.2, 0.25) is 0 Å². The number of ketones is 1. The van der Waals surface area contributed by atoms with Crippen molar-refractivity contribution in [2.75, 3.05) is 7.11 Å². The molecular weight excluding hydrogens is 408 g/mol. The number of hydrogen-bond donors (Lipinski definition) is 0. The minimum atomic E-state index is -0.412. The first-order valence-electron chi connectivity index (χ1n) is 11.5. The zero-order valence-corrected chi connectivity index (χ0v) is 20.4. The molecule has 0 spiro atoms. The van der Waals surface area contributed by atoms with Crippen LogP contribution in [0.1, 0.15) is 83.5 Å². The average molecular weight is 441 g/mol. The van der Waals surface area contributed by atoms with Gasteiger partial charge >= 0.3 is 5.97 Å². The monoisotopic (exact) mass is 440 g/mol. The molecule has 0 N–H and O–H groups in total. The Labute approximate surface area is 196 Å². The molecule has 0 saturated heterocycles. The molecule has 0 heterocycles. The molecule has 0 radical (unpaired) electrons. The summed E-state index contributed by atoms with van der Waals surface area (Å²) < 4.78 is 4.76. The van der Waals surface area contributed by atoms with E-state index in [-0.39, 0.29) is 16.6 Å². The summed E-state index contributed by atoms with van der Waals surface area (Å²) in [6.07, 6.45) is 2.31. The molecule has 3 aromatic rings. The number of hydrogen-bond acceptors (Lipinski definition) is 3. The van der Waals surface area contributed by atoms with Crippen molar-refractivity contribution in [1.82, 2.24) is 0 Å². The first kappa shape index (κ1) is 23.0. The van der Waals surface area contributed by atoms with Crippen molar-refractivity contribution < 1.29 is 14.3 Å². The van der Waals surface area contributed by atoms with Gasteiger partial charge < -0.3 is 4.74 Å². The Morgan fingerprint density at radius 3 is 1.91 bits per heavy atom. The second-order valence-electron chi connectivity index (χ2n) is 10.4. The van der Waals surface area contributed by atoms with Gasteiger partial charge in [-0.1, -0.05) is 76.2 Å². The lowest BCUT2D eigenvalue weighted by atomic mass is 9.62. The Hall–Kier alpha value is -3.20. The van der Waals surface area contributed by atoms with Crippen LogP contribution in [0.4, 0.5) is 0 Å². The predicted molar refractivity (Wildman–Crippen MR) is 133 cm³/mol. The number of aryl methyl sites for hydroxylation is 1. The number of methoxy groups -OCH3 is 1. The summed E-state index contributed by atoms with van der Waals surface area (Å²) >= 11 is 0. The van der Waals surface area contributed by atoms with Crippen molar-refractivity contribution in [2.45, 2.75) is 58.3 Å². The number of carbonyl (C=O) groups is 2. The van der Waals surface area contributed by atoms with Gasteiger partial charge in [0.1, 0.15) is 0 Å². The fraction of sp³-hybridized carbons (Fsp3) is 0.333. The fourth-order valence-electron chi connectivity index (χ4n) is 4.96. The summed E-state index contributed by atoms with van der Waals surface area (Å²) in [5, 5.41) is 0. The second-order valence-corrected chi connectivity index (χ2v) is 10.4. The number of ether oxygens (including phenoxy) is 1. The second kappa shape index (κ2) is 8.30. The number of fused-ring (bicyclic) bond motifs is 1. The Balaban J connectivity index is 1.82. The molecule has 33 heavy (non-hydrogen) atoms. The van der Waals surface area contributed by atoms with Crippen molar-refractivity contribution in [3.05, 3.63) is 94.0 Å². The standard InChI is InChI=1S/C30H32O3/c1-19-17-25-26(30(4,5)16-15-29(25,2)3)18-24(19)22-9-7-8-10-23(22)27(31)20-11-13-21(14-12-20)28(32)33-6/h7-14,17-18H,15-16H2,1-6H3. The van der Waals surface area contributed by atoms with E-state index >= 15 is 0 Å². The van der Waals surface area contributed by atoms with Gasteiger partial charge in [-0.25, -0.2) is 4.79 Å². The smallest absolute Gasteiger partial charge is 0.337 e. The molecule has 3 nitrogen and oxygen atoms in total. The Bertz CT molecular complexity index is 1230. The molecule has 0 unspecified atom stereocenters. The van der Waals surface area contributed by atoms with Crippen molar-refractivity contribution in [2.24, 2.45) is 0 Å². The van der Waals surface area contributed by atoms with Crippen molar-refractivity contribution in [1.29, 1.82) is 0 Å². The van der Waals surface area contributed by atoms with Gasteiger partial charge in [0.15, 0.2) is 5.78 Å². The lowest BCUT2D eigenvalue weighted by Gasteiger charge is -2.42. The van der Waals surface area contributed by atoms with E-state index in [1.54, 1.807) is 24.3 Å². The van der Waals surface area contributed by atoms with Crippen LogP contribution in [0.3, 0.4) is 0 Å². The van der Waals surface area contributed by atoms with Crippen LogP contribution in [-0.2, 0) is 15.6 Å². The van der Waals surface area contributed by atoms with Gasteiger partial charge in [-0.15, -0.1) is 0 Å². The molecular formula is C30H32O3. The largest absolute Gasteiger partial charge is 0.465 e. The molecule has 0 atom stereocenters. The van der Waals surface area contributed by atoms with Crippen molar-refractivity contribution >= 4 is 11.8 Å². The van der Waals surface area contributed by atoms with Crippen molar-refractivity contribution in [3.63, 3.8) is 0 Å². The topological polar surface area (TPSA) is 43.4 Å². The molecule has 1 aliphatic carbocycles. The minimum absolute atomic E-state index is 0.0567. The third-order valence-electron chi connectivity index (χ3n) is 7.23. The van der Waals surface area contributed by atoms with E-state index in [0.717, 1.165) is 17.5 Å². The summed E-state index contributed by atoms with van der Waals surface area (Å²) in [6, 6.07) is 19.1. The van der Waals surface area contributed by atoms with E-state index < -0.39 is 5.97 Å². The number of esters is 1. The van der Waals surface area contributed by atoms with Crippen LogP contribution in [0.15, 0.2) is 60.7 Å². The lowest BCUT2D eigenvalue weighted by molar-refractivity contribution is 0.0600. The molecule has 0 aromatic heterocycles. The average Bonchev–Trinajstić information content (AvgIpc) is 2.81. The Kier molecular flexibility index (Phi) is 5.78. The van der Waals surface area contributed by atoms with Crippen LogP contribution >= 0.6 is 0 Å². The molecule has 3 heteroatoms. The predicted octanol–water partition coefficient (Wildman–Crippen LogP) is 7.03. The van der Waals surface area contributed by atoms with Crippen LogP contribution in [0.25, 0.3) is 11.1 Å². The normalized spacial score (nSPS) is 16.1.